The normalized spacial score (nSPS) is 8.00. The Morgan fingerprint density at radius 2 is 1.09 bits per heavy atom. The zero-order chi connectivity index (χ0) is 7.40. The van der Waals surface area contributed by atoms with Crippen LogP contribution in [0.15, 0.2) is 37.4 Å². The molecule has 0 fully saturated rings. The van der Waals surface area contributed by atoms with E-state index in [-0.39, 0.29) is 8.41 Å². The van der Waals surface area contributed by atoms with E-state index in [1.807, 2.05) is 36.4 Å². The van der Waals surface area contributed by atoms with Gasteiger partial charge in [-0.25, -0.2) is 0 Å². The summed E-state index contributed by atoms with van der Waals surface area (Å²) in [5.74, 6) is 0. The molecule has 1 aromatic carbocycles. The van der Waals surface area contributed by atoms with E-state index >= 15 is 0 Å². The van der Waals surface area contributed by atoms with E-state index in [9.17, 15) is 0 Å². The zero-order valence-corrected chi connectivity index (χ0v) is 5.88. The molecule has 0 bridgehead atoms. The Morgan fingerprint density at radius 1 is 0.818 bits per heavy atom. The molecule has 0 nitrogen and oxygen atoms in total. The van der Waals surface area contributed by atoms with Gasteiger partial charge in [-0.1, -0.05) is 49.6 Å². The molecule has 11 heavy (non-hydrogen) atoms. The molecule has 56 valence electrons. The van der Waals surface area contributed by atoms with Crippen LogP contribution in [-0.4, -0.2) is 8.41 Å². The minimum Gasteiger partial charge on any atom is -0.0985 e. The lowest BCUT2D eigenvalue weighted by Gasteiger charge is -1.92. The van der Waals surface area contributed by atoms with E-state index in [1.165, 1.54) is 0 Å². The summed E-state index contributed by atoms with van der Waals surface area (Å²) in [5.41, 5.74) is 2.29. The fraction of sp³-hybridized carbons (Fsp3) is 0. The quantitative estimate of drug-likeness (QED) is 0.555. The number of hydrogen-bond acceptors (Lipinski definition) is 0. The smallest absolute Gasteiger partial charge is 0.0814 e. The highest BCUT2D eigenvalue weighted by Crippen LogP contribution is 2.05. The predicted molar refractivity (Wildman–Crippen MR) is 56.6 cm³/mol. The fourth-order valence-corrected chi connectivity index (χ4v) is 0.768. The molecular weight excluding hydrogens is 131 g/mol. The van der Waals surface area contributed by atoms with Crippen LogP contribution in [0, 0.1) is 0 Å². The van der Waals surface area contributed by atoms with Gasteiger partial charge in [-0.2, -0.15) is 0 Å². The molecule has 1 heteroatoms. The minimum absolute atomic E-state index is 0. The van der Waals surface area contributed by atoms with Crippen molar-refractivity contribution in [1.29, 1.82) is 0 Å². The lowest BCUT2D eigenvalue weighted by atomic mass is 10.1. The van der Waals surface area contributed by atoms with Crippen molar-refractivity contribution in [3.8, 4) is 0 Å². The molecule has 1 rings (SSSR count). The summed E-state index contributed by atoms with van der Waals surface area (Å²) in [5, 5.41) is 0. The molecule has 0 aliphatic rings. The summed E-state index contributed by atoms with van der Waals surface area (Å²) < 4.78 is 0. The van der Waals surface area contributed by atoms with E-state index in [0.29, 0.717) is 0 Å². The van der Waals surface area contributed by atoms with Crippen LogP contribution in [0.5, 0.6) is 0 Å². The summed E-state index contributed by atoms with van der Waals surface area (Å²) in [7, 11) is 0. The molecule has 0 atom stereocenters. The van der Waals surface area contributed by atoms with Gasteiger partial charge >= 0.3 is 0 Å². The molecule has 1 aromatic rings. The lowest BCUT2D eigenvalue weighted by molar-refractivity contribution is 1.63. The molecule has 0 spiro atoms. The third kappa shape index (κ3) is 2.46. The molecular formula is C10H13B. The Labute approximate surface area is 69.8 Å². The average Bonchev–Trinajstić information content (AvgIpc) is 2.05. The Hall–Kier alpha value is -1.24. The van der Waals surface area contributed by atoms with Crippen LogP contribution >= 0.6 is 0 Å². The molecule has 0 amide bonds. The van der Waals surface area contributed by atoms with Crippen LogP contribution in [0.3, 0.4) is 0 Å². The molecule has 0 aromatic heterocycles. The molecule has 0 N–H and O–H groups in total. The highest BCUT2D eigenvalue weighted by atomic mass is 13.9. The van der Waals surface area contributed by atoms with E-state index in [1.54, 1.807) is 0 Å². The average molecular weight is 144 g/mol. The largest absolute Gasteiger partial charge is 0.0985 e. The number of benzene rings is 1. The van der Waals surface area contributed by atoms with Crippen molar-refractivity contribution in [3.63, 3.8) is 0 Å². The van der Waals surface area contributed by atoms with Crippen LogP contribution < -0.4 is 0 Å². The number of hydrogen-bond donors (Lipinski definition) is 0. The molecule has 0 unspecified atom stereocenters. The van der Waals surface area contributed by atoms with Crippen LogP contribution in [-0.2, 0) is 0 Å². The van der Waals surface area contributed by atoms with Crippen LogP contribution in [0.2, 0.25) is 0 Å². The van der Waals surface area contributed by atoms with Crippen molar-refractivity contribution in [2.45, 2.75) is 0 Å². The van der Waals surface area contributed by atoms with Gasteiger partial charge in [-0.15, -0.1) is 0 Å². The van der Waals surface area contributed by atoms with Crippen molar-refractivity contribution in [2.24, 2.45) is 0 Å². The second kappa shape index (κ2) is 4.56. The van der Waals surface area contributed by atoms with Gasteiger partial charge in [0, 0.05) is 0 Å². The molecule has 0 heterocycles. The van der Waals surface area contributed by atoms with Crippen LogP contribution in [0.1, 0.15) is 11.1 Å². The van der Waals surface area contributed by atoms with Gasteiger partial charge in [-0.3, -0.25) is 0 Å². The summed E-state index contributed by atoms with van der Waals surface area (Å²) in [6.45, 7) is 7.32. The maximum absolute atomic E-state index is 3.66. The van der Waals surface area contributed by atoms with Crippen molar-refractivity contribution in [2.75, 3.05) is 0 Å². The minimum atomic E-state index is 0. The molecule has 0 radical (unpaired) electrons. The molecule has 0 aliphatic heterocycles. The molecule has 0 aliphatic carbocycles. The second-order valence-electron chi connectivity index (χ2n) is 2.07. The van der Waals surface area contributed by atoms with Crippen molar-refractivity contribution >= 4 is 20.6 Å². The Bertz CT molecular complexity index is 207. The fourth-order valence-electron chi connectivity index (χ4n) is 0.768. The standard InChI is InChI=1S/C10H10.BH3/c1-3-9-5-7-10(4-2)8-6-9;/h3-8H,1-2H2;1H3. The SMILES string of the molecule is B.C=Cc1ccc(C=C)cc1. The first-order chi connectivity index (χ1) is 4.86. The monoisotopic (exact) mass is 144 g/mol. The summed E-state index contributed by atoms with van der Waals surface area (Å²) >= 11 is 0. The lowest BCUT2D eigenvalue weighted by Crippen LogP contribution is -1.71. The van der Waals surface area contributed by atoms with Gasteiger partial charge < -0.3 is 0 Å². The Morgan fingerprint density at radius 3 is 1.27 bits per heavy atom. The third-order valence-corrected chi connectivity index (χ3v) is 1.41. The first kappa shape index (κ1) is 9.76. The van der Waals surface area contributed by atoms with Crippen LogP contribution in [0.25, 0.3) is 12.2 Å². The van der Waals surface area contributed by atoms with Crippen LogP contribution in [0.4, 0.5) is 0 Å². The molecule has 0 saturated carbocycles. The Balaban J connectivity index is 0.000001000. The van der Waals surface area contributed by atoms with Crippen molar-refractivity contribution in [1.82, 2.24) is 0 Å². The van der Waals surface area contributed by atoms with E-state index in [0.717, 1.165) is 11.1 Å². The maximum Gasteiger partial charge on any atom is 0.0814 e. The maximum atomic E-state index is 3.66. The predicted octanol–water partition coefficient (Wildman–Crippen LogP) is 1.79. The third-order valence-electron chi connectivity index (χ3n) is 1.41. The van der Waals surface area contributed by atoms with Gasteiger partial charge in [-0.05, 0) is 11.1 Å². The van der Waals surface area contributed by atoms with Gasteiger partial charge in [0.05, 0.1) is 8.41 Å². The van der Waals surface area contributed by atoms with E-state index < -0.39 is 0 Å². The van der Waals surface area contributed by atoms with Crippen molar-refractivity contribution in [3.05, 3.63) is 48.6 Å². The second-order valence-corrected chi connectivity index (χ2v) is 2.07. The highest BCUT2D eigenvalue weighted by molar-refractivity contribution is 5.75. The van der Waals surface area contributed by atoms with Gasteiger partial charge in [0.15, 0.2) is 0 Å². The van der Waals surface area contributed by atoms with E-state index in [2.05, 4.69) is 13.2 Å². The van der Waals surface area contributed by atoms with Gasteiger partial charge in [0.1, 0.15) is 0 Å². The van der Waals surface area contributed by atoms with E-state index in [4.69, 9.17) is 0 Å². The first-order valence-corrected chi connectivity index (χ1v) is 3.22. The number of rotatable bonds is 2. The topological polar surface area (TPSA) is 0 Å². The summed E-state index contributed by atoms with van der Waals surface area (Å²) in [6, 6.07) is 8.07. The zero-order valence-electron chi connectivity index (χ0n) is 5.88. The molecule has 0 saturated heterocycles. The van der Waals surface area contributed by atoms with Gasteiger partial charge in [0.2, 0.25) is 0 Å². The first-order valence-electron chi connectivity index (χ1n) is 3.22. The Kier molecular flexibility index (Phi) is 4.05. The summed E-state index contributed by atoms with van der Waals surface area (Å²) in [4.78, 5) is 0. The van der Waals surface area contributed by atoms with Gasteiger partial charge in [0.25, 0.3) is 0 Å². The van der Waals surface area contributed by atoms with Crippen molar-refractivity contribution < 1.29 is 0 Å². The summed E-state index contributed by atoms with van der Waals surface area (Å²) in [6.07, 6.45) is 3.65. The highest BCUT2D eigenvalue weighted by Gasteiger charge is 1.84.